The summed E-state index contributed by atoms with van der Waals surface area (Å²) in [7, 11) is 3.10. The van der Waals surface area contributed by atoms with Gasteiger partial charge in [0.1, 0.15) is 11.8 Å². The number of aromatic nitrogens is 1. The Hall–Kier alpha value is -1.79. The van der Waals surface area contributed by atoms with Gasteiger partial charge in [-0.25, -0.2) is 9.78 Å². The molecule has 5 nitrogen and oxygen atoms in total. The first-order chi connectivity index (χ1) is 11.4. The Morgan fingerprint density at radius 2 is 1.79 bits per heavy atom. The fourth-order valence-electron chi connectivity index (χ4n) is 2.26. The van der Waals surface area contributed by atoms with E-state index in [1.165, 1.54) is 0 Å². The van der Waals surface area contributed by atoms with Gasteiger partial charge in [-0.2, -0.15) is 0 Å². The van der Waals surface area contributed by atoms with E-state index in [-0.39, 0.29) is 17.3 Å². The fraction of sp³-hybridized carbons (Fsp3) is 0.294. The summed E-state index contributed by atoms with van der Waals surface area (Å²) in [4.78, 5) is 16.4. The molecule has 1 heterocycles. The van der Waals surface area contributed by atoms with Crippen LogP contribution in [0, 0.1) is 13.8 Å². The van der Waals surface area contributed by atoms with Crippen LogP contribution >= 0.6 is 27.5 Å². The molecule has 0 N–H and O–H groups in total. The standard InChI is InChI=1S/C17H17BrClNO4/c1-9-5-10(2)20-16(19)15(9)17(21)24-8-11-6-13(22-3)14(23-4)7-12(11)18/h5-7H,8H2,1-4H3. The summed E-state index contributed by atoms with van der Waals surface area (Å²) in [5, 5.41) is 0.142. The maximum atomic E-state index is 12.3. The number of rotatable bonds is 5. The van der Waals surface area contributed by atoms with Gasteiger partial charge in [-0.3, -0.25) is 0 Å². The first kappa shape index (κ1) is 18.5. The smallest absolute Gasteiger partial charge is 0.341 e. The highest BCUT2D eigenvalue weighted by molar-refractivity contribution is 9.10. The van der Waals surface area contributed by atoms with Gasteiger partial charge in [0.2, 0.25) is 0 Å². The zero-order valence-electron chi connectivity index (χ0n) is 13.8. The quantitative estimate of drug-likeness (QED) is 0.533. The number of carbonyl (C=O) groups is 1. The molecule has 0 aliphatic heterocycles. The molecule has 0 amide bonds. The number of benzene rings is 1. The molecule has 24 heavy (non-hydrogen) atoms. The van der Waals surface area contributed by atoms with Crippen LogP contribution in [0.5, 0.6) is 11.5 Å². The second-order valence-electron chi connectivity index (χ2n) is 5.12. The molecule has 0 spiro atoms. The van der Waals surface area contributed by atoms with Crippen molar-refractivity contribution in [3.63, 3.8) is 0 Å². The molecule has 0 saturated carbocycles. The van der Waals surface area contributed by atoms with E-state index in [9.17, 15) is 4.79 Å². The lowest BCUT2D eigenvalue weighted by molar-refractivity contribution is 0.0470. The van der Waals surface area contributed by atoms with Crippen molar-refractivity contribution >= 4 is 33.5 Å². The van der Waals surface area contributed by atoms with Gasteiger partial charge < -0.3 is 14.2 Å². The number of nitrogens with zero attached hydrogens (tertiary/aromatic N) is 1. The number of methoxy groups -OCH3 is 2. The molecule has 0 atom stereocenters. The average Bonchev–Trinajstić information content (AvgIpc) is 2.52. The maximum Gasteiger partial charge on any atom is 0.341 e. The van der Waals surface area contributed by atoms with Gasteiger partial charge in [-0.15, -0.1) is 0 Å². The van der Waals surface area contributed by atoms with E-state index in [0.717, 1.165) is 21.3 Å². The molecule has 0 fully saturated rings. The number of aryl methyl sites for hydroxylation is 2. The second-order valence-corrected chi connectivity index (χ2v) is 6.33. The van der Waals surface area contributed by atoms with Gasteiger partial charge in [0.25, 0.3) is 0 Å². The number of esters is 1. The molecule has 2 rings (SSSR count). The van der Waals surface area contributed by atoms with Crippen LogP contribution < -0.4 is 9.47 Å². The van der Waals surface area contributed by atoms with E-state index < -0.39 is 5.97 Å². The van der Waals surface area contributed by atoms with Crippen molar-refractivity contribution in [2.75, 3.05) is 14.2 Å². The van der Waals surface area contributed by atoms with E-state index in [0.29, 0.717) is 11.5 Å². The fourth-order valence-corrected chi connectivity index (χ4v) is 3.06. The SMILES string of the molecule is COc1cc(Br)c(COC(=O)c2c(C)cc(C)nc2Cl)cc1OC. The average molecular weight is 415 g/mol. The molecule has 1 aromatic carbocycles. The third-order valence-electron chi connectivity index (χ3n) is 3.42. The molecule has 128 valence electrons. The van der Waals surface area contributed by atoms with E-state index in [2.05, 4.69) is 20.9 Å². The van der Waals surface area contributed by atoms with Crippen LogP contribution in [0.4, 0.5) is 0 Å². The minimum absolute atomic E-state index is 0.0589. The Morgan fingerprint density at radius 1 is 1.17 bits per heavy atom. The number of ether oxygens (including phenoxy) is 3. The Labute approximate surface area is 154 Å². The summed E-state index contributed by atoms with van der Waals surface area (Å²) in [6.45, 7) is 3.67. The third-order valence-corrected chi connectivity index (χ3v) is 4.43. The number of hydrogen-bond donors (Lipinski definition) is 0. The highest BCUT2D eigenvalue weighted by Crippen LogP contribution is 2.33. The van der Waals surface area contributed by atoms with E-state index in [4.69, 9.17) is 25.8 Å². The Morgan fingerprint density at radius 3 is 2.38 bits per heavy atom. The van der Waals surface area contributed by atoms with Gasteiger partial charge in [0.15, 0.2) is 11.5 Å². The van der Waals surface area contributed by atoms with Gasteiger partial charge in [-0.1, -0.05) is 27.5 Å². The zero-order chi connectivity index (χ0) is 17.9. The number of pyridine rings is 1. The molecule has 0 aliphatic rings. The number of halogens is 2. The van der Waals surface area contributed by atoms with Crippen molar-refractivity contribution in [3.05, 3.63) is 50.2 Å². The first-order valence-electron chi connectivity index (χ1n) is 7.08. The number of hydrogen-bond acceptors (Lipinski definition) is 5. The Balaban J connectivity index is 2.21. The molecule has 0 radical (unpaired) electrons. The van der Waals surface area contributed by atoms with Crippen LogP contribution in [0.25, 0.3) is 0 Å². The lowest BCUT2D eigenvalue weighted by Crippen LogP contribution is -2.10. The summed E-state index contributed by atoms with van der Waals surface area (Å²) in [6, 6.07) is 5.29. The Kier molecular flexibility index (Phi) is 6.07. The van der Waals surface area contributed by atoms with E-state index in [1.807, 2.05) is 6.92 Å². The molecule has 2 aromatic rings. The topological polar surface area (TPSA) is 57.7 Å². The number of carbonyl (C=O) groups excluding carboxylic acids is 1. The lowest BCUT2D eigenvalue weighted by atomic mass is 10.1. The van der Waals surface area contributed by atoms with Gasteiger partial charge in [0, 0.05) is 15.7 Å². The molecule has 0 saturated heterocycles. The van der Waals surface area contributed by atoms with Crippen LogP contribution in [0.3, 0.4) is 0 Å². The first-order valence-corrected chi connectivity index (χ1v) is 8.25. The van der Waals surface area contributed by atoms with Crippen LogP contribution in [-0.2, 0) is 11.3 Å². The van der Waals surface area contributed by atoms with Gasteiger partial charge in [-0.05, 0) is 37.6 Å². The molecule has 7 heteroatoms. The largest absolute Gasteiger partial charge is 0.493 e. The zero-order valence-corrected chi connectivity index (χ0v) is 16.1. The van der Waals surface area contributed by atoms with Crippen molar-refractivity contribution in [1.82, 2.24) is 4.98 Å². The molecular weight excluding hydrogens is 398 g/mol. The van der Waals surface area contributed by atoms with Crippen LogP contribution in [0.2, 0.25) is 5.15 Å². The highest BCUT2D eigenvalue weighted by Gasteiger charge is 2.18. The Bertz CT molecular complexity index is 756. The summed E-state index contributed by atoms with van der Waals surface area (Å²) in [5.41, 5.74) is 2.49. The van der Waals surface area contributed by atoms with Crippen LogP contribution in [-0.4, -0.2) is 25.2 Å². The van der Waals surface area contributed by atoms with E-state index >= 15 is 0 Å². The monoisotopic (exact) mass is 413 g/mol. The summed E-state index contributed by atoms with van der Waals surface area (Å²) in [6.07, 6.45) is 0. The highest BCUT2D eigenvalue weighted by atomic mass is 79.9. The van der Waals surface area contributed by atoms with Crippen LogP contribution in [0.1, 0.15) is 27.2 Å². The van der Waals surface area contributed by atoms with Crippen molar-refractivity contribution in [2.45, 2.75) is 20.5 Å². The summed E-state index contributed by atoms with van der Waals surface area (Å²) in [5.74, 6) is 0.616. The summed E-state index contributed by atoms with van der Waals surface area (Å²) >= 11 is 9.50. The van der Waals surface area contributed by atoms with Crippen LogP contribution in [0.15, 0.2) is 22.7 Å². The minimum Gasteiger partial charge on any atom is -0.493 e. The van der Waals surface area contributed by atoms with Crippen molar-refractivity contribution in [2.24, 2.45) is 0 Å². The van der Waals surface area contributed by atoms with Crippen molar-refractivity contribution in [1.29, 1.82) is 0 Å². The predicted octanol–water partition coefficient (Wildman–Crippen LogP) is 4.49. The molecule has 0 aliphatic carbocycles. The normalized spacial score (nSPS) is 10.4. The molecule has 1 aromatic heterocycles. The van der Waals surface area contributed by atoms with Gasteiger partial charge in [0.05, 0.1) is 19.8 Å². The minimum atomic E-state index is -0.522. The maximum absolute atomic E-state index is 12.3. The van der Waals surface area contributed by atoms with E-state index in [1.54, 1.807) is 39.3 Å². The second kappa shape index (κ2) is 7.85. The predicted molar refractivity (Wildman–Crippen MR) is 95.1 cm³/mol. The lowest BCUT2D eigenvalue weighted by Gasteiger charge is -2.13. The molecular formula is C17H17BrClNO4. The molecule has 0 bridgehead atoms. The van der Waals surface area contributed by atoms with Crippen molar-refractivity contribution < 1.29 is 19.0 Å². The van der Waals surface area contributed by atoms with Gasteiger partial charge >= 0.3 is 5.97 Å². The van der Waals surface area contributed by atoms with Crippen molar-refractivity contribution in [3.8, 4) is 11.5 Å². The summed E-state index contributed by atoms with van der Waals surface area (Å²) < 4.78 is 16.6. The molecule has 0 unspecified atom stereocenters. The third kappa shape index (κ3) is 3.99.